The zero-order valence-electron chi connectivity index (χ0n) is 15.8. The van der Waals surface area contributed by atoms with E-state index in [0.29, 0.717) is 16.0 Å². The third-order valence-electron chi connectivity index (χ3n) is 4.42. The first kappa shape index (κ1) is 19.3. The van der Waals surface area contributed by atoms with Crippen molar-refractivity contribution in [1.29, 1.82) is 0 Å². The van der Waals surface area contributed by atoms with Crippen LogP contribution in [0.1, 0.15) is 16.8 Å². The second kappa shape index (κ2) is 7.77. The van der Waals surface area contributed by atoms with Crippen LogP contribution in [-0.2, 0) is 6.42 Å². The molecule has 6 nitrogen and oxygen atoms in total. The van der Waals surface area contributed by atoms with Gasteiger partial charge in [0, 0.05) is 31.2 Å². The van der Waals surface area contributed by atoms with E-state index in [1.807, 2.05) is 55.4 Å². The van der Waals surface area contributed by atoms with Crippen molar-refractivity contribution in [3.05, 3.63) is 95.6 Å². The molecule has 4 aromatic rings. The van der Waals surface area contributed by atoms with Crippen molar-refractivity contribution in [3.63, 3.8) is 0 Å². The molecular formula is C21H17ClN4O2S. The Labute approximate surface area is 175 Å². The molecule has 0 aliphatic heterocycles. The lowest BCUT2D eigenvalue weighted by Gasteiger charge is -2.12. The van der Waals surface area contributed by atoms with E-state index in [4.69, 9.17) is 11.6 Å². The molecule has 0 atom stereocenters. The molecule has 0 amide bonds. The first-order valence-electron chi connectivity index (χ1n) is 8.87. The first-order valence-corrected chi connectivity index (χ1v) is 10.1. The van der Waals surface area contributed by atoms with Crippen LogP contribution in [0.4, 0.5) is 5.69 Å². The van der Waals surface area contributed by atoms with Crippen LogP contribution in [0.2, 0.25) is 5.02 Å². The lowest BCUT2D eigenvalue weighted by Crippen LogP contribution is -2.28. The average molecular weight is 425 g/mol. The molecule has 8 heteroatoms. The highest BCUT2D eigenvalue weighted by Crippen LogP contribution is 2.14. The summed E-state index contributed by atoms with van der Waals surface area (Å²) in [7, 11) is 3.93. The summed E-state index contributed by atoms with van der Waals surface area (Å²) in [6.07, 6.45) is 2.03. The zero-order chi connectivity index (χ0) is 20.5. The highest BCUT2D eigenvalue weighted by Gasteiger charge is 2.12. The van der Waals surface area contributed by atoms with Gasteiger partial charge in [-0.3, -0.25) is 9.59 Å². The number of halogens is 1. The molecule has 0 aliphatic rings. The number of benzene rings is 2. The average Bonchev–Trinajstić information content (AvgIpc) is 2.97. The maximum Gasteiger partial charge on any atom is 0.296 e. The first-order chi connectivity index (χ1) is 13.9. The quantitative estimate of drug-likeness (QED) is 0.503. The molecular weight excluding hydrogens is 408 g/mol. The molecule has 0 radical (unpaired) electrons. The SMILES string of the molecule is CN(C)c1ccc(Cc2nn3c(=O)c(=Cc4cccc(Cl)c4)sc3nc2=O)cc1. The molecule has 0 saturated heterocycles. The van der Waals surface area contributed by atoms with Gasteiger partial charge in [0.2, 0.25) is 4.96 Å². The van der Waals surface area contributed by atoms with Crippen LogP contribution in [0.5, 0.6) is 0 Å². The topological polar surface area (TPSA) is 67.6 Å². The highest BCUT2D eigenvalue weighted by molar-refractivity contribution is 7.15. The molecule has 2 heterocycles. The van der Waals surface area contributed by atoms with Crippen LogP contribution < -0.4 is 20.6 Å². The Balaban J connectivity index is 1.74. The lowest BCUT2D eigenvalue weighted by molar-refractivity contribution is 0.811. The number of rotatable bonds is 4. The number of fused-ring (bicyclic) bond motifs is 1. The van der Waals surface area contributed by atoms with E-state index in [1.54, 1.807) is 18.2 Å². The molecule has 0 bridgehead atoms. The summed E-state index contributed by atoms with van der Waals surface area (Å²) < 4.78 is 1.64. The van der Waals surface area contributed by atoms with Gasteiger partial charge < -0.3 is 4.90 Å². The van der Waals surface area contributed by atoms with Gasteiger partial charge in [0.1, 0.15) is 5.69 Å². The van der Waals surface area contributed by atoms with E-state index >= 15 is 0 Å². The Morgan fingerprint density at radius 1 is 1.14 bits per heavy atom. The largest absolute Gasteiger partial charge is 0.378 e. The summed E-state index contributed by atoms with van der Waals surface area (Å²) in [5.74, 6) is 0. The van der Waals surface area contributed by atoms with Crippen LogP contribution in [0.3, 0.4) is 0 Å². The third kappa shape index (κ3) is 4.06. The molecule has 0 unspecified atom stereocenters. The zero-order valence-corrected chi connectivity index (χ0v) is 17.4. The third-order valence-corrected chi connectivity index (χ3v) is 5.62. The van der Waals surface area contributed by atoms with Crippen LogP contribution in [0.25, 0.3) is 11.0 Å². The van der Waals surface area contributed by atoms with Gasteiger partial charge in [-0.25, -0.2) is 0 Å². The van der Waals surface area contributed by atoms with Gasteiger partial charge in [0.05, 0.1) is 4.53 Å². The molecule has 0 spiro atoms. The van der Waals surface area contributed by atoms with Crippen LogP contribution in [0.15, 0.2) is 58.1 Å². The summed E-state index contributed by atoms with van der Waals surface area (Å²) in [5, 5.41) is 4.87. The van der Waals surface area contributed by atoms with E-state index < -0.39 is 5.56 Å². The smallest absolute Gasteiger partial charge is 0.296 e. The predicted molar refractivity (Wildman–Crippen MR) is 117 cm³/mol. The van der Waals surface area contributed by atoms with Crippen molar-refractivity contribution in [3.8, 4) is 0 Å². The summed E-state index contributed by atoms with van der Waals surface area (Å²) in [5.41, 5.74) is 2.30. The van der Waals surface area contributed by atoms with Gasteiger partial charge in [0.25, 0.3) is 11.1 Å². The monoisotopic (exact) mass is 424 g/mol. The van der Waals surface area contributed by atoms with Crippen molar-refractivity contribution >= 4 is 39.7 Å². The molecule has 0 fully saturated rings. The molecule has 29 heavy (non-hydrogen) atoms. The number of aromatic nitrogens is 3. The van der Waals surface area contributed by atoms with Crippen molar-refractivity contribution in [2.75, 3.05) is 19.0 Å². The summed E-state index contributed by atoms with van der Waals surface area (Å²) >= 11 is 7.14. The molecule has 146 valence electrons. The van der Waals surface area contributed by atoms with Gasteiger partial charge in [-0.1, -0.05) is 47.2 Å². The van der Waals surface area contributed by atoms with Crippen molar-refractivity contribution in [2.45, 2.75) is 6.42 Å². The van der Waals surface area contributed by atoms with E-state index in [-0.39, 0.29) is 16.2 Å². The minimum Gasteiger partial charge on any atom is -0.378 e. The van der Waals surface area contributed by atoms with Crippen LogP contribution in [0, 0.1) is 0 Å². The highest BCUT2D eigenvalue weighted by atomic mass is 35.5. The minimum atomic E-state index is -0.419. The van der Waals surface area contributed by atoms with Gasteiger partial charge >= 0.3 is 0 Å². The minimum absolute atomic E-state index is 0.240. The normalized spacial score (nSPS) is 11.9. The van der Waals surface area contributed by atoms with Crippen LogP contribution >= 0.6 is 22.9 Å². The fraction of sp³-hybridized carbons (Fsp3) is 0.143. The second-order valence-corrected chi connectivity index (χ2v) is 8.21. The molecule has 0 aliphatic carbocycles. The maximum atomic E-state index is 12.8. The Bertz CT molecular complexity index is 1360. The maximum absolute atomic E-state index is 12.8. The summed E-state index contributed by atoms with van der Waals surface area (Å²) in [6.45, 7) is 0. The van der Waals surface area contributed by atoms with Crippen LogP contribution in [-0.4, -0.2) is 28.7 Å². The van der Waals surface area contributed by atoms with Gasteiger partial charge in [0.15, 0.2) is 0 Å². The van der Waals surface area contributed by atoms with Gasteiger partial charge in [-0.05, 0) is 41.5 Å². The standard InChI is InChI=1S/C21H17ClN4O2S/c1-25(2)16-8-6-13(7-9-16)11-17-19(27)23-21-26(24-17)20(28)18(29-21)12-14-4-3-5-15(22)10-14/h3-10,12H,11H2,1-2H3. The van der Waals surface area contributed by atoms with Gasteiger partial charge in [-0.15, -0.1) is 0 Å². The predicted octanol–water partition coefficient (Wildman–Crippen LogP) is 2.37. The van der Waals surface area contributed by atoms with E-state index in [9.17, 15) is 9.59 Å². The Morgan fingerprint density at radius 3 is 2.59 bits per heavy atom. The summed E-state index contributed by atoms with van der Waals surface area (Å²) in [4.78, 5) is 31.5. The fourth-order valence-electron chi connectivity index (χ4n) is 2.90. The van der Waals surface area contributed by atoms with Gasteiger partial charge in [-0.2, -0.15) is 14.6 Å². The van der Waals surface area contributed by atoms with E-state index in [2.05, 4.69) is 10.1 Å². The Hall–Kier alpha value is -3.03. The van der Waals surface area contributed by atoms with Crippen molar-refractivity contribution in [1.82, 2.24) is 14.6 Å². The lowest BCUT2D eigenvalue weighted by atomic mass is 10.1. The molecule has 4 rings (SSSR count). The van der Waals surface area contributed by atoms with E-state index in [0.717, 1.165) is 28.2 Å². The number of nitrogens with zero attached hydrogens (tertiary/aromatic N) is 4. The molecule has 2 aromatic heterocycles. The summed E-state index contributed by atoms with van der Waals surface area (Å²) in [6, 6.07) is 15.0. The second-order valence-electron chi connectivity index (χ2n) is 6.77. The Morgan fingerprint density at radius 2 is 1.90 bits per heavy atom. The molecule has 0 N–H and O–H groups in total. The number of thiazole rings is 1. The van der Waals surface area contributed by atoms with E-state index in [1.165, 1.54) is 4.52 Å². The molecule has 0 saturated carbocycles. The van der Waals surface area contributed by atoms with Crippen molar-refractivity contribution < 1.29 is 0 Å². The van der Waals surface area contributed by atoms with Crippen molar-refractivity contribution in [2.24, 2.45) is 0 Å². The number of hydrogen-bond acceptors (Lipinski definition) is 6. The fourth-order valence-corrected chi connectivity index (χ4v) is 4.01. The number of hydrogen-bond donors (Lipinski definition) is 0. The Kier molecular flexibility index (Phi) is 5.17. The number of anilines is 1. The molecule has 2 aromatic carbocycles.